The smallest absolute Gasteiger partial charge is 0.150 e. The van der Waals surface area contributed by atoms with Gasteiger partial charge in [-0.1, -0.05) is 34.1 Å². The number of carbonyl (C=O) groups is 1. The third-order valence-corrected chi connectivity index (χ3v) is 4.78. The lowest BCUT2D eigenvalue weighted by molar-refractivity contribution is -0.117. The number of aryl methyl sites for hydroxylation is 1. The van der Waals surface area contributed by atoms with E-state index in [-0.39, 0.29) is 11.8 Å². The van der Waals surface area contributed by atoms with E-state index in [2.05, 4.69) is 39.4 Å². The fourth-order valence-electron chi connectivity index (χ4n) is 3.07. The van der Waals surface area contributed by atoms with Crippen molar-refractivity contribution in [2.75, 3.05) is 13.7 Å². The second-order valence-electron chi connectivity index (χ2n) is 5.88. The molecular weight excluding hydrogens is 354 g/mol. The lowest BCUT2D eigenvalue weighted by atomic mass is 10.1. The van der Waals surface area contributed by atoms with Gasteiger partial charge in [-0.2, -0.15) is 0 Å². The third-order valence-electron chi connectivity index (χ3n) is 4.29. The minimum Gasteiger partial charge on any atom is -0.497 e. The van der Waals surface area contributed by atoms with Gasteiger partial charge in [0.1, 0.15) is 5.75 Å². The number of methoxy groups -OCH3 is 1. The first-order valence-corrected chi connectivity index (χ1v) is 8.61. The van der Waals surface area contributed by atoms with Crippen molar-refractivity contribution in [1.82, 2.24) is 5.32 Å². The van der Waals surface area contributed by atoms with Crippen LogP contribution in [-0.2, 0) is 17.6 Å². The maximum atomic E-state index is 12.2. The second kappa shape index (κ2) is 7.28. The maximum absolute atomic E-state index is 12.2. The van der Waals surface area contributed by atoms with E-state index >= 15 is 0 Å². The molecule has 1 aliphatic rings. The molecule has 2 aromatic carbocycles. The molecule has 0 saturated heterocycles. The van der Waals surface area contributed by atoms with Gasteiger partial charge in [0, 0.05) is 16.9 Å². The number of nitrogens with one attached hydrogen (secondary N) is 1. The molecule has 3 nitrogen and oxygen atoms in total. The number of carbonyl (C=O) groups excluding carboxylic acids is 1. The number of fused-ring (bicyclic) bond motifs is 1. The van der Waals surface area contributed by atoms with Crippen LogP contribution in [0.15, 0.2) is 46.9 Å². The Kier molecular flexibility index (Phi) is 5.13. The van der Waals surface area contributed by atoms with E-state index < -0.39 is 0 Å². The van der Waals surface area contributed by atoms with Crippen molar-refractivity contribution in [3.8, 4) is 5.75 Å². The van der Waals surface area contributed by atoms with E-state index in [1.54, 1.807) is 7.11 Å². The molecule has 1 N–H and O–H groups in total. The molecule has 2 aromatic rings. The van der Waals surface area contributed by atoms with Gasteiger partial charge in [0.25, 0.3) is 0 Å². The molecule has 4 heteroatoms. The molecule has 1 unspecified atom stereocenters. The summed E-state index contributed by atoms with van der Waals surface area (Å²) in [6, 6.07) is 14.4. The highest BCUT2D eigenvalue weighted by Gasteiger charge is 2.22. The van der Waals surface area contributed by atoms with Crippen LogP contribution in [0.5, 0.6) is 5.75 Å². The molecule has 0 amide bonds. The average molecular weight is 374 g/mol. The van der Waals surface area contributed by atoms with Crippen LogP contribution in [0.4, 0.5) is 0 Å². The van der Waals surface area contributed by atoms with Crippen LogP contribution in [0.2, 0.25) is 0 Å². The predicted molar refractivity (Wildman–Crippen MR) is 94.9 cm³/mol. The van der Waals surface area contributed by atoms with Crippen molar-refractivity contribution in [3.63, 3.8) is 0 Å². The lowest BCUT2D eigenvalue weighted by Gasteiger charge is -2.13. The first-order chi connectivity index (χ1) is 11.2. The minimum atomic E-state index is 0.209. The van der Waals surface area contributed by atoms with E-state index in [1.165, 1.54) is 11.1 Å². The van der Waals surface area contributed by atoms with E-state index in [1.807, 2.05) is 24.3 Å². The van der Waals surface area contributed by atoms with Gasteiger partial charge in [0.2, 0.25) is 0 Å². The van der Waals surface area contributed by atoms with Crippen LogP contribution in [-0.4, -0.2) is 19.4 Å². The van der Waals surface area contributed by atoms with E-state index in [0.29, 0.717) is 13.0 Å². The lowest BCUT2D eigenvalue weighted by Crippen LogP contribution is -2.27. The Labute approximate surface area is 145 Å². The first kappa shape index (κ1) is 16.2. The van der Waals surface area contributed by atoms with Crippen LogP contribution in [0, 0.1) is 0 Å². The Morgan fingerprint density at radius 2 is 2.04 bits per heavy atom. The normalized spacial score (nSPS) is 16.2. The van der Waals surface area contributed by atoms with E-state index in [4.69, 9.17) is 4.74 Å². The topological polar surface area (TPSA) is 38.3 Å². The fraction of sp³-hybridized carbons (Fsp3) is 0.316. The Morgan fingerprint density at radius 1 is 1.26 bits per heavy atom. The van der Waals surface area contributed by atoms with Gasteiger partial charge in [-0.15, -0.1) is 0 Å². The summed E-state index contributed by atoms with van der Waals surface area (Å²) in [6.45, 7) is 0.409. The second-order valence-corrected chi connectivity index (χ2v) is 6.79. The Bertz CT molecular complexity index is 697. The largest absolute Gasteiger partial charge is 0.497 e. The number of hydrogen-bond acceptors (Lipinski definition) is 3. The summed E-state index contributed by atoms with van der Waals surface area (Å²) in [5.41, 5.74) is 3.72. The van der Waals surface area contributed by atoms with Gasteiger partial charge in [0.15, 0.2) is 5.78 Å². The molecule has 3 rings (SSSR count). The zero-order valence-corrected chi connectivity index (χ0v) is 14.7. The fourth-order valence-corrected chi connectivity index (χ4v) is 3.48. The molecule has 0 aromatic heterocycles. The highest BCUT2D eigenvalue weighted by molar-refractivity contribution is 9.10. The summed E-state index contributed by atoms with van der Waals surface area (Å²) >= 11 is 3.51. The number of halogens is 1. The van der Waals surface area contributed by atoms with Gasteiger partial charge in [-0.05, 0) is 53.8 Å². The van der Waals surface area contributed by atoms with Gasteiger partial charge < -0.3 is 10.1 Å². The molecule has 0 fully saturated rings. The number of ether oxygens (including phenoxy) is 1. The molecule has 23 heavy (non-hydrogen) atoms. The van der Waals surface area contributed by atoms with Crippen molar-refractivity contribution < 1.29 is 9.53 Å². The quantitative estimate of drug-likeness (QED) is 0.835. The summed E-state index contributed by atoms with van der Waals surface area (Å²) in [5.74, 6) is 1.02. The average Bonchev–Trinajstić information content (AvgIpc) is 2.95. The highest BCUT2D eigenvalue weighted by Crippen LogP contribution is 2.32. The Hall–Kier alpha value is -1.65. The maximum Gasteiger partial charge on any atom is 0.150 e. The van der Waals surface area contributed by atoms with Crippen molar-refractivity contribution in [2.45, 2.75) is 25.3 Å². The van der Waals surface area contributed by atoms with E-state index in [0.717, 1.165) is 28.6 Å². The molecule has 0 bridgehead atoms. The van der Waals surface area contributed by atoms with Crippen LogP contribution >= 0.6 is 15.9 Å². The highest BCUT2D eigenvalue weighted by atomic mass is 79.9. The molecule has 0 heterocycles. The molecule has 1 atom stereocenters. The first-order valence-electron chi connectivity index (χ1n) is 7.82. The standard InChI is InChI=1S/C19H20BrNO2/c1-23-17-6-2-13(3-7-17)10-16(22)12-21-19-9-4-14-11-15(20)5-8-18(14)19/h2-3,5-8,11,19,21H,4,9-10,12H2,1H3. The summed E-state index contributed by atoms with van der Waals surface area (Å²) in [7, 11) is 1.64. The van der Waals surface area contributed by atoms with Crippen LogP contribution in [0.3, 0.4) is 0 Å². The molecule has 1 aliphatic carbocycles. The zero-order chi connectivity index (χ0) is 16.2. The summed E-state index contributed by atoms with van der Waals surface area (Å²) in [4.78, 5) is 12.2. The van der Waals surface area contributed by atoms with Crippen LogP contribution < -0.4 is 10.1 Å². The minimum absolute atomic E-state index is 0.209. The number of rotatable bonds is 6. The van der Waals surface area contributed by atoms with E-state index in [9.17, 15) is 4.79 Å². The SMILES string of the molecule is COc1ccc(CC(=O)CNC2CCc3cc(Br)ccc32)cc1. The van der Waals surface area contributed by atoms with Crippen molar-refractivity contribution in [3.05, 3.63) is 63.6 Å². The van der Waals surface area contributed by atoms with Crippen molar-refractivity contribution >= 4 is 21.7 Å². The van der Waals surface area contributed by atoms with Crippen molar-refractivity contribution in [1.29, 1.82) is 0 Å². The molecule has 0 saturated carbocycles. The molecule has 0 aliphatic heterocycles. The van der Waals surface area contributed by atoms with Gasteiger partial charge >= 0.3 is 0 Å². The van der Waals surface area contributed by atoms with Gasteiger partial charge in [-0.25, -0.2) is 0 Å². The molecule has 120 valence electrons. The summed E-state index contributed by atoms with van der Waals surface area (Å²) in [5, 5.41) is 3.41. The van der Waals surface area contributed by atoms with Crippen molar-refractivity contribution in [2.24, 2.45) is 0 Å². The molecule has 0 radical (unpaired) electrons. The number of ketones is 1. The summed E-state index contributed by atoms with van der Waals surface area (Å²) in [6.07, 6.45) is 2.58. The summed E-state index contributed by atoms with van der Waals surface area (Å²) < 4.78 is 6.25. The molecular formula is C19H20BrNO2. The number of benzene rings is 2. The van der Waals surface area contributed by atoms with Crippen LogP contribution in [0.1, 0.15) is 29.2 Å². The number of Topliss-reactive ketones (excluding diaryl/α,β-unsaturated/α-hetero) is 1. The predicted octanol–water partition coefficient (Wildman–Crippen LogP) is 3.85. The Balaban J connectivity index is 1.54. The third kappa shape index (κ3) is 4.01. The zero-order valence-electron chi connectivity index (χ0n) is 13.1. The molecule has 0 spiro atoms. The van der Waals surface area contributed by atoms with Crippen LogP contribution in [0.25, 0.3) is 0 Å². The monoisotopic (exact) mass is 373 g/mol. The van der Waals surface area contributed by atoms with Gasteiger partial charge in [-0.3, -0.25) is 4.79 Å². The van der Waals surface area contributed by atoms with Gasteiger partial charge in [0.05, 0.1) is 13.7 Å². The number of hydrogen-bond donors (Lipinski definition) is 1. The Morgan fingerprint density at radius 3 is 2.78 bits per heavy atom.